The first-order valence-corrected chi connectivity index (χ1v) is 6.26. The Morgan fingerprint density at radius 1 is 1.47 bits per heavy atom. The molecule has 0 N–H and O–H groups in total. The monoisotopic (exact) mass is 251 g/mol. The van der Waals surface area contributed by atoms with Gasteiger partial charge in [0.15, 0.2) is 0 Å². The summed E-state index contributed by atoms with van der Waals surface area (Å²) in [6.07, 6.45) is 0. The van der Waals surface area contributed by atoms with Crippen molar-refractivity contribution in [3.63, 3.8) is 0 Å². The van der Waals surface area contributed by atoms with Gasteiger partial charge in [-0.25, -0.2) is 4.79 Å². The standard InChI is InChI=1S/C12H13NO3S/c1-16-11(14)10-8-17-12(15)13(10)7-9-5-3-2-4-6-9/h2-6,10H,7-8H2,1H3. The third-order valence-corrected chi connectivity index (χ3v) is 3.61. The molecule has 0 radical (unpaired) electrons. The summed E-state index contributed by atoms with van der Waals surface area (Å²) in [6.45, 7) is 0.451. The first-order valence-electron chi connectivity index (χ1n) is 5.27. The predicted molar refractivity (Wildman–Crippen MR) is 65.6 cm³/mol. The molecule has 1 atom stereocenters. The van der Waals surface area contributed by atoms with E-state index in [2.05, 4.69) is 0 Å². The summed E-state index contributed by atoms with van der Waals surface area (Å²) < 4.78 is 4.70. The van der Waals surface area contributed by atoms with Crippen molar-refractivity contribution in [1.29, 1.82) is 0 Å². The molecule has 17 heavy (non-hydrogen) atoms. The van der Waals surface area contributed by atoms with E-state index in [1.54, 1.807) is 4.90 Å². The van der Waals surface area contributed by atoms with Crippen molar-refractivity contribution in [1.82, 2.24) is 4.90 Å². The Balaban J connectivity index is 2.12. The minimum absolute atomic E-state index is 0.0655. The van der Waals surface area contributed by atoms with Crippen molar-refractivity contribution >= 4 is 23.0 Å². The van der Waals surface area contributed by atoms with Gasteiger partial charge < -0.3 is 9.64 Å². The summed E-state index contributed by atoms with van der Waals surface area (Å²) in [6, 6.07) is 9.15. The highest BCUT2D eigenvalue weighted by Gasteiger charge is 2.37. The van der Waals surface area contributed by atoms with Crippen LogP contribution < -0.4 is 0 Å². The van der Waals surface area contributed by atoms with Gasteiger partial charge in [-0.05, 0) is 5.56 Å². The topological polar surface area (TPSA) is 46.6 Å². The molecular weight excluding hydrogens is 238 g/mol. The van der Waals surface area contributed by atoms with Gasteiger partial charge in [0.25, 0.3) is 5.24 Å². The van der Waals surface area contributed by atoms with Crippen LogP contribution in [0.25, 0.3) is 0 Å². The highest BCUT2D eigenvalue weighted by atomic mass is 32.2. The molecule has 1 saturated heterocycles. The lowest BCUT2D eigenvalue weighted by molar-refractivity contribution is -0.144. The number of amides is 1. The lowest BCUT2D eigenvalue weighted by Crippen LogP contribution is -2.39. The highest BCUT2D eigenvalue weighted by molar-refractivity contribution is 8.13. The van der Waals surface area contributed by atoms with Crippen LogP contribution in [-0.2, 0) is 16.1 Å². The smallest absolute Gasteiger partial charge is 0.329 e. The maximum atomic E-state index is 11.7. The molecule has 0 spiro atoms. The van der Waals surface area contributed by atoms with E-state index in [9.17, 15) is 9.59 Å². The zero-order valence-electron chi connectivity index (χ0n) is 9.46. The molecule has 90 valence electrons. The maximum absolute atomic E-state index is 11.7. The van der Waals surface area contributed by atoms with Crippen LogP contribution in [0.1, 0.15) is 5.56 Å². The van der Waals surface area contributed by atoms with E-state index in [0.29, 0.717) is 12.3 Å². The molecule has 1 aliphatic heterocycles. The number of thioether (sulfide) groups is 1. The Morgan fingerprint density at radius 3 is 2.82 bits per heavy atom. The van der Waals surface area contributed by atoms with Crippen molar-refractivity contribution in [3.05, 3.63) is 35.9 Å². The molecule has 5 heteroatoms. The van der Waals surface area contributed by atoms with Gasteiger partial charge in [0.05, 0.1) is 7.11 Å². The van der Waals surface area contributed by atoms with Crippen LogP contribution >= 0.6 is 11.8 Å². The van der Waals surface area contributed by atoms with Crippen LogP contribution in [0.2, 0.25) is 0 Å². The lowest BCUT2D eigenvalue weighted by Gasteiger charge is -2.21. The number of methoxy groups -OCH3 is 1. The number of hydrogen-bond donors (Lipinski definition) is 0. The first kappa shape index (κ1) is 12.0. The summed E-state index contributed by atoms with van der Waals surface area (Å²) in [4.78, 5) is 24.8. The fourth-order valence-electron chi connectivity index (χ4n) is 1.74. The summed E-state index contributed by atoms with van der Waals surface area (Å²) in [5.74, 6) is 0.123. The Morgan fingerprint density at radius 2 is 2.18 bits per heavy atom. The summed E-state index contributed by atoms with van der Waals surface area (Å²) in [5, 5.41) is -0.0655. The largest absolute Gasteiger partial charge is 0.467 e. The van der Waals surface area contributed by atoms with Crippen LogP contribution in [-0.4, -0.2) is 35.0 Å². The molecule has 1 aliphatic rings. The summed E-state index contributed by atoms with van der Waals surface area (Å²) >= 11 is 1.16. The minimum Gasteiger partial charge on any atom is -0.467 e. The van der Waals surface area contributed by atoms with Gasteiger partial charge in [-0.1, -0.05) is 42.1 Å². The average molecular weight is 251 g/mol. The van der Waals surface area contributed by atoms with Crippen LogP contribution in [0.15, 0.2) is 30.3 Å². The van der Waals surface area contributed by atoms with Crippen molar-refractivity contribution in [3.8, 4) is 0 Å². The number of carbonyl (C=O) groups is 2. The zero-order valence-corrected chi connectivity index (χ0v) is 10.3. The second kappa shape index (κ2) is 5.23. The lowest BCUT2D eigenvalue weighted by atomic mass is 10.2. The first-order chi connectivity index (χ1) is 8.22. The Bertz CT molecular complexity index is 421. The molecule has 1 unspecified atom stereocenters. The second-order valence-electron chi connectivity index (χ2n) is 3.73. The van der Waals surface area contributed by atoms with E-state index in [1.165, 1.54) is 7.11 Å². The van der Waals surface area contributed by atoms with Gasteiger partial charge in [0, 0.05) is 12.3 Å². The van der Waals surface area contributed by atoms with Gasteiger partial charge in [-0.15, -0.1) is 0 Å². The van der Waals surface area contributed by atoms with Crippen molar-refractivity contribution < 1.29 is 14.3 Å². The quantitative estimate of drug-likeness (QED) is 0.770. The fraction of sp³-hybridized carbons (Fsp3) is 0.333. The minimum atomic E-state index is -0.460. The van der Waals surface area contributed by atoms with E-state index >= 15 is 0 Å². The second-order valence-corrected chi connectivity index (χ2v) is 4.70. The molecule has 0 bridgehead atoms. The predicted octanol–water partition coefficient (Wildman–Crippen LogP) is 1.90. The molecule has 0 saturated carbocycles. The molecule has 1 amide bonds. The summed E-state index contributed by atoms with van der Waals surface area (Å²) in [5.41, 5.74) is 1.01. The molecule has 1 heterocycles. The van der Waals surface area contributed by atoms with Gasteiger partial charge in [-0.3, -0.25) is 4.79 Å². The molecule has 1 fully saturated rings. The molecule has 2 rings (SSSR count). The molecule has 0 aliphatic carbocycles. The van der Waals surface area contributed by atoms with Gasteiger partial charge in [-0.2, -0.15) is 0 Å². The molecule has 1 aromatic carbocycles. The Hall–Kier alpha value is -1.49. The Labute approximate surface area is 104 Å². The van der Waals surface area contributed by atoms with Crippen LogP contribution in [0.5, 0.6) is 0 Å². The number of carbonyl (C=O) groups excluding carboxylic acids is 2. The van der Waals surface area contributed by atoms with Crippen molar-refractivity contribution in [2.24, 2.45) is 0 Å². The number of benzene rings is 1. The number of hydrogen-bond acceptors (Lipinski definition) is 4. The van der Waals surface area contributed by atoms with E-state index in [0.717, 1.165) is 17.3 Å². The van der Waals surface area contributed by atoms with Crippen molar-refractivity contribution in [2.45, 2.75) is 12.6 Å². The number of esters is 1. The summed E-state index contributed by atoms with van der Waals surface area (Å²) in [7, 11) is 1.34. The van der Waals surface area contributed by atoms with Crippen LogP contribution in [0, 0.1) is 0 Å². The molecular formula is C12H13NO3S. The Kier molecular flexibility index (Phi) is 3.68. The van der Waals surface area contributed by atoms with Gasteiger partial charge in [0.2, 0.25) is 0 Å². The van der Waals surface area contributed by atoms with Crippen LogP contribution in [0.4, 0.5) is 4.79 Å². The molecule has 0 aromatic heterocycles. The molecule has 4 nitrogen and oxygen atoms in total. The van der Waals surface area contributed by atoms with Gasteiger partial charge in [0.1, 0.15) is 6.04 Å². The molecule has 1 aromatic rings. The van der Waals surface area contributed by atoms with E-state index < -0.39 is 6.04 Å². The number of ether oxygens (including phenoxy) is 1. The zero-order chi connectivity index (χ0) is 12.3. The van der Waals surface area contributed by atoms with Gasteiger partial charge >= 0.3 is 5.97 Å². The normalized spacial score (nSPS) is 19.5. The third-order valence-electron chi connectivity index (χ3n) is 2.64. The van der Waals surface area contributed by atoms with Crippen molar-refractivity contribution in [2.75, 3.05) is 12.9 Å². The maximum Gasteiger partial charge on any atom is 0.329 e. The number of nitrogens with zero attached hydrogens (tertiary/aromatic N) is 1. The fourth-order valence-corrected chi connectivity index (χ4v) is 2.71. The number of rotatable bonds is 3. The third kappa shape index (κ3) is 2.61. The highest BCUT2D eigenvalue weighted by Crippen LogP contribution is 2.26. The SMILES string of the molecule is COC(=O)C1CSC(=O)N1Cc1ccccc1. The van der Waals surface area contributed by atoms with Crippen LogP contribution in [0.3, 0.4) is 0 Å². The van der Waals surface area contributed by atoms with E-state index in [-0.39, 0.29) is 11.2 Å². The van der Waals surface area contributed by atoms with E-state index in [4.69, 9.17) is 4.74 Å². The van der Waals surface area contributed by atoms with E-state index in [1.807, 2.05) is 30.3 Å². The average Bonchev–Trinajstić information content (AvgIpc) is 2.72.